The van der Waals surface area contributed by atoms with Gasteiger partial charge in [0.25, 0.3) is 11.6 Å². The number of hydrogen-bond donors (Lipinski definition) is 1. The van der Waals surface area contributed by atoms with Crippen molar-refractivity contribution in [3.8, 4) is 5.75 Å². The molecule has 3 heterocycles. The molecule has 2 aliphatic heterocycles. The summed E-state index contributed by atoms with van der Waals surface area (Å²) in [6, 6.07) is 10.2. The third kappa shape index (κ3) is 4.27. The van der Waals surface area contributed by atoms with Gasteiger partial charge in [0.2, 0.25) is 0 Å². The summed E-state index contributed by atoms with van der Waals surface area (Å²) in [5.41, 5.74) is 1.03. The number of amides is 2. The van der Waals surface area contributed by atoms with Crippen molar-refractivity contribution in [2.24, 2.45) is 0 Å². The molecule has 1 fully saturated rings. The van der Waals surface area contributed by atoms with Crippen LogP contribution in [0.1, 0.15) is 16.1 Å². The van der Waals surface area contributed by atoms with E-state index in [2.05, 4.69) is 26.1 Å². The Morgan fingerprint density at radius 3 is 2.93 bits per heavy atom. The fraction of sp³-hybridized carbons (Fsp3) is 0.381. The first-order valence-corrected chi connectivity index (χ1v) is 10.6. The second-order valence-corrected chi connectivity index (χ2v) is 8.55. The Morgan fingerprint density at radius 1 is 1.30 bits per heavy atom. The van der Waals surface area contributed by atoms with Crippen LogP contribution in [0.3, 0.4) is 0 Å². The molecule has 2 atom stereocenters. The maximum Gasteiger partial charge on any atom is 0.317 e. The normalized spacial score (nSPS) is 21.1. The topological polar surface area (TPSA) is 88.8 Å². The molecule has 1 N–H and O–H groups in total. The van der Waals surface area contributed by atoms with Gasteiger partial charge in [-0.1, -0.05) is 15.9 Å². The van der Waals surface area contributed by atoms with Crippen LogP contribution < -0.4 is 14.8 Å². The molecule has 2 aromatic rings. The predicted molar refractivity (Wildman–Crippen MR) is 113 cm³/mol. The van der Waals surface area contributed by atoms with Crippen molar-refractivity contribution >= 4 is 27.7 Å². The van der Waals surface area contributed by atoms with E-state index in [0.717, 1.165) is 22.3 Å². The van der Waals surface area contributed by atoms with E-state index in [1.54, 1.807) is 17.0 Å². The molecule has 0 spiro atoms. The number of piperazine rings is 1. The lowest BCUT2D eigenvalue weighted by Crippen LogP contribution is -2.60. The lowest BCUT2D eigenvalue weighted by Gasteiger charge is -2.40. The Bertz CT molecular complexity index is 970. The predicted octanol–water partition coefficient (Wildman–Crippen LogP) is 0.959. The van der Waals surface area contributed by atoms with Crippen molar-refractivity contribution in [2.75, 3.05) is 33.2 Å². The second-order valence-electron chi connectivity index (χ2n) is 7.63. The Labute approximate surface area is 183 Å². The zero-order valence-corrected chi connectivity index (χ0v) is 18.2. The molecule has 8 nitrogen and oxygen atoms in total. The molecule has 2 unspecified atom stereocenters. The van der Waals surface area contributed by atoms with Gasteiger partial charge in [-0.3, -0.25) is 9.59 Å². The van der Waals surface area contributed by atoms with Crippen LogP contribution in [0.2, 0.25) is 0 Å². The molecule has 0 aliphatic carbocycles. The Kier molecular flexibility index (Phi) is 5.92. The zero-order valence-electron chi connectivity index (χ0n) is 16.6. The average molecular weight is 475 g/mol. The van der Waals surface area contributed by atoms with E-state index in [0.29, 0.717) is 24.2 Å². The monoisotopic (exact) mass is 474 g/mol. The Morgan fingerprint density at radius 2 is 2.13 bits per heavy atom. The highest BCUT2D eigenvalue weighted by atomic mass is 79.9. The number of aromatic nitrogens is 1. The van der Waals surface area contributed by atoms with Crippen LogP contribution in [0.15, 0.2) is 47.1 Å². The van der Waals surface area contributed by atoms with Gasteiger partial charge in [0.1, 0.15) is 5.75 Å². The maximum absolute atomic E-state index is 13.2. The number of ether oxygens (including phenoxy) is 1. The van der Waals surface area contributed by atoms with Gasteiger partial charge in [-0.25, -0.2) is 0 Å². The number of rotatable bonds is 4. The van der Waals surface area contributed by atoms with Crippen LogP contribution >= 0.6 is 15.9 Å². The van der Waals surface area contributed by atoms with Crippen LogP contribution in [0.5, 0.6) is 5.75 Å². The molecule has 1 aromatic carbocycles. The van der Waals surface area contributed by atoms with Crippen molar-refractivity contribution < 1.29 is 19.1 Å². The lowest BCUT2D eigenvalue weighted by atomic mass is 10.1. The number of halogens is 1. The zero-order chi connectivity index (χ0) is 21.3. The van der Waals surface area contributed by atoms with Gasteiger partial charge in [-0.15, -0.1) is 0 Å². The molecule has 4 rings (SSSR count). The van der Waals surface area contributed by atoms with Gasteiger partial charge >= 0.3 is 5.91 Å². The summed E-state index contributed by atoms with van der Waals surface area (Å²) in [6.07, 6.45) is 1.25. The van der Waals surface area contributed by atoms with Gasteiger partial charge in [0.05, 0.1) is 6.04 Å². The van der Waals surface area contributed by atoms with Gasteiger partial charge in [0.15, 0.2) is 12.3 Å². The van der Waals surface area contributed by atoms with Crippen LogP contribution in [-0.4, -0.2) is 67.0 Å². The first kappa shape index (κ1) is 20.6. The van der Waals surface area contributed by atoms with Crippen molar-refractivity contribution in [3.05, 3.63) is 63.5 Å². The number of carbonyl (C=O) groups is 2. The average Bonchev–Trinajstić information content (AvgIpc) is 3.15. The maximum atomic E-state index is 13.2. The number of pyridine rings is 1. The molecule has 2 aliphatic rings. The molecular formula is C21H23BrN4O4. The number of nitrogens with one attached hydrogen (secondary N) is 1. The van der Waals surface area contributed by atoms with Crippen LogP contribution in [-0.2, 0) is 11.2 Å². The number of fused-ring (bicyclic) bond motifs is 1. The van der Waals surface area contributed by atoms with Crippen molar-refractivity contribution in [1.29, 1.82) is 0 Å². The van der Waals surface area contributed by atoms with Gasteiger partial charge in [0, 0.05) is 49.2 Å². The van der Waals surface area contributed by atoms with Crippen LogP contribution in [0, 0.1) is 5.21 Å². The highest BCUT2D eigenvalue weighted by Crippen LogP contribution is 2.32. The Hall–Kier alpha value is -2.65. The molecular weight excluding hydrogens is 452 g/mol. The molecule has 158 valence electrons. The summed E-state index contributed by atoms with van der Waals surface area (Å²) in [5.74, 6) is 0.202. The van der Waals surface area contributed by atoms with Crippen molar-refractivity contribution in [1.82, 2.24) is 15.1 Å². The van der Waals surface area contributed by atoms with E-state index in [1.807, 2.05) is 25.2 Å². The summed E-state index contributed by atoms with van der Waals surface area (Å²) in [4.78, 5) is 29.6. The number of benzene rings is 1. The first-order valence-electron chi connectivity index (χ1n) is 9.83. The molecule has 1 saturated heterocycles. The summed E-state index contributed by atoms with van der Waals surface area (Å²) < 4.78 is 7.39. The third-order valence-electron chi connectivity index (χ3n) is 5.50. The highest BCUT2D eigenvalue weighted by Gasteiger charge is 2.37. The quantitative estimate of drug-likeness (QED) is 0.526. The van der Waals surface area contributed by atoms with E-state index < -0.39 is 12.0 Å². The smallest absolute Gasteiger partial charge is 0.317 e. The molecule has 2 amide bonds. The van der Waals surface area contributed by atoms with Gasteiger partial charge in [-0.2, -0.15) is 4.73 Å². The fourth-order valence-electron chi connectivity index (χ4n) is 3.92. The molecule has 9 heteroatoms. The number of hydrogen-bond acceptors (Lipinski definition) is 5. The molecule has 30 heavy (non-hydrogen) atoms. The molecule has 0 saturated carbocycles. The first-order chi connectivity index (χ1) is 14.4. The summed E-state index contributed by atoms with van der Waals surface area (Å²) in [5, 5.41) is 14.6. The van der Waals surface area contributed by atoms with Gasteiger partial charge < -0.3 is 25.1 Å². The molecule has 1 aromatic heterocycles. The molecule has 0 radical (unpaired) electrons. The SMILES string of the molecule is CN1CCN(C(=O)C2Cc3cc(Br)ccc3O2)C(CNC(=O)c2cccc[n+]2[O-])C1. The van der Waals surface area contributed by atoms with E-state index in [9.17, 15) is 14.8 Å². The molecule has 0 bridgehead atoms. The summed E-state index contributed by atoms with van der Waals surface area (Å²) in [7, 11) is 1.99. The Balaban J connectivity index is 1.43. The van der Waals surface area contributed by atoms with Gasteiger partial charge in [-0.05, 0) is 36.9 Å². The van der Waals surface area contributed by atoms with E-state index in [1.165, 1.54) is 12.3 Å². The van der Waals surface area contributed by atoms with E-state index in [-0.39, 0.29) is 24.2 Å². The lowest BCUT2D eigenvalue weighted by molar-refractivity contribution is -0.607. The number of likely N-dealkylation sites (N-methyl/N-ethyl adjacent to an activating group) is 1. The number of carbonyl (C=O) groups excluding carboxylic acids is 2. The van der Waals surface area contributed by atoms with Crippen molar-refractivity contribution in [3.63, 3.8) is 0 Å². The summed E-state index contributed by atoms with van der Waals surface area (Å²) >= 11 is 3.45. The standard InChI is InChI=1S/C21H23BrN4O4/c1-24-8-9-25(21(28)19-11-14-10-15(22)5-6-18(14)30-19)16(13-24)12-23-20(27)17-4-2-3-7-26(17)29/h2-7,10,16,19H,8-9,11-13H2,1H3,(H,23,27). The minimum atomic E-state index is -0.561. The minimum Gasteiger partial charge on any atom is -0.618 e. The summed E-state index contributed by atoms with van der Waals surface area (Å²) in [6.45, 7) is 2.20. The highest BCUT2D eigenvalue weighted by molar-refractivity contribution is 9.10. The fourth-order valence-corrected chi connectivity index (χ4v) is 4.33. The number of nitrogens with zero attached hydrogens (tertiary/aromatic N) is 3. The largest absolute Gasteiger partial charge is 0.618 e. The second kappa shape index (κ2) is 8.61. The van der Waals surface area contributed by atoms with E-state index in [4.69, 9.17) is 4.74 Å². The van der Waals surface area contributed by atoms with Crippen LogP contribution in [0.25, 0.3) is 0 Å². The minimum absolute atomic E-state index is 0.0275. The third-order valence-corrected chi connectivity index (χ3v) is 5.99. The van der Waals surface area contributed by atoms with Crippen molar-refractivity contribution in [2.45, 2.75) is 18.6 Å². The van der Waals surface area contributed by atoms with Crippen LogP contribution in [0.4, 0.5) is 0 Å². The van der Waals surface area contributed by atoms with E-state index >= 15 is 0 Å².